The van der Waals surface area contributed by atoms with Crippen LogP contribution in [0.4, 0.5) is 0 Å². The van der Waals surface area contributed by atoms with E-state index in [9.17, 15) is 9.90 Å². The lowest BCUT2D eigenvalue weighted by molar-refractivity contribution is -0.150. The largest absolute Gasteiger partial charge is 0.480 e. The summed E-state index contributed by atoms with van der Waals surface area (Å²) in [5.41, 5.74) is 5.44. The van der Waals surface area contributed by atoms with Gasteiger partial charge in [0.2, 0.25) is 0 Å². The first-order valence-electron chi connectivity index (χ1n) is 6.18. The third-order valence-corrected chi connectivity index (χ3v) is 3.91. The molecule has 0 saturated carbocycles. The summed E-state index contributed by atoms with van der Waals surface area (Å²) in [5.74, 6) is -0.433. The summed E-state index contributed by atoms with van der Waals surface area (Å²) in [6.45, 7) is 3.88. The van der Waals surface area contributed by atoms with Crippen LogP contribution >= 0.6 is 0 Å². The monoisotopic (exact) mass is 249 g/mol. The van der Waals surface area contributed by atoms with Crippen LogP contribution in [-0.2, 0) is 10.3 Å². The molecule has 98 valence electrons. The first-order valence-corrected chi connectivity index (χ1v) is 6.18. The SMILES string of the molecule is CC(C(=O)O)(c1ccncc1)N1CCC(CN)C1. The second-order valence-electron chi connectivity index (χ2n) is 4.95. The molecule has 1 saturated heterocycles. The van der Waals surface area contributed by atoms with Crippen LogP contribution in [0.25, 0.3) is 0 Å². The van der Waals surface area contributed by atoms with Crippen LogP contribution in [0.2, 0.25) is 0 Å². The van der Waals surface area contributed by atoms with E-state index in [1.165, 1.54) is 0 Å². The molecule has 2 atom stereocenters. The highest BCUT2D eigenvalue weighted by molar-refractivity contribution is 5.80. The highest BCUT2D eigenvalue weighted by Gasteiger charge is 2.44. The van der Waals surface area contributed by atoms with E-state index in [4.69, 9.17) is 5.73 Å². The maximum absolute atomic E-state index is 11.7. The smallest absolute Gasteiger partial charge is 0.328 e. The number of carboxylic acids is 1. The van der Waals surface area contributed by atoms with Gasteiger partial charge in [0.25, 0.3) is 0 Å². The number of carboxylic acid groups (broad SMARTS) is 1. The van der Waals surface area contributed by atoms with Gasteiger partial charge in [-0.1, -0.05) is 0 Å². The number of aliphatic carboxylic acids is 1. The fourth-order valence-corrected chi connectivity index (χ4v) is 2.55. The van der Waals surface area contributed by atoms with Gasteiger partial charge in [-0.2, -0.15) is 0 Å². The van der Waals surface area contributed by atoms with E-state index in [0.717, 1.165) is 25.1 Å². The van der Waals surface area contributed by atoms with Gasteiger partial charge in [-0.05, 0) is 50.0 Å². The van der Waals surface area contributed by atoms with Gasteiger partial charge in [0.05, 0.1) is 0 Å². The fraction of sp³-hybridized carbons (Fsp3) is 0.538. The van der Waals surface area contributed by atoms with Crippen molar-refractivity contribution in [2.45, 2.75) is 18.9 Å². The molecule has 1 aromatic heterocycles. The predicted octanol–water partition coefficient (Wildman–Crippen LogP) is 0.662. The van der Waals surface area contributed by atoms with E-state index in [1.54, 1.807) is 31.5 Å². The lowest BCUT2D eigenvalue weighted by Crippen LogP contribution is -2.49. The molecule has 2 rings (SSSR count). The summed E-state index contributed by atoms with van der Waals surface area (Å²) < 4.78 is 0. The van der Waals surface area contributed by atoms with E-state index < -0.39 is 11.5 Å². The first kappa shape index (κ1) is 13.0. The quantitative estimate of drug-likeness (QED) is 0.819. The number of nitrogens with two attached hydrogens (primary N) is 1. The Morgan fingerprint density at radius 1 is 1.61 bits per heavy atom. The number of pyridine rings is 1. The Hall–Kier alpha value is -1.46. The van der Waals surface area contributed by atoms with Gasteiger partial charge < -0.3 is 10.8 Å². The molecule has 1 aliphatic heterocycles. The Bertz CT molecular complexity index is 424. The van der Waals surface area contributed by atoms with Crippen molar-refractivity contribution in [3.63, 3.8) is 0 Å². The zero-order valence-electron chi connectivity index (χ0n) is 10.5. The summed E-state index contributed by atoms with van der Waals surface area (Å²) >= 11 is 0. The second kappa shape index (κ2) is 5.04. The third kappa shape index (κ3) is 2.11. The van der Waals surface area contributed by atoms with Crippen molar-refractivity contribution in [3.05, 3.63) is 30.1 Å². The normalized spacial score (nSPS) is 23.8. The van der Waals surface area contributed by atoms with Crippen LogP contribution in [-0.4, -0.2) is 40.6 Å². The molecule has 1 aliphatic rings. The summed E-state index contributed by atoms with van der Waals surface area (Å²) in [6.07, 6.45) is 4.23. The van der Waals surface area contributed by atoms with Gasteiger partial charge in [0, 0.05) is 18.9 Å². The summed E-state index contributed by atoms with van der Waals surface area (Å²) in [4.78, 5) is 17.7. The number of aromatic nitrogens is 1. The molecule has 18 heavy (non-hydrogen) atoms. The van der Waals surface area contributed by atoms with Crippen molar-refractivity contribution in [1.29, 1.82) is 0 Å². The van der Waals surface area contributed by atoms with Crippen molar-refractivity contribution >= 4 is 5.97 Å². The minimum absolute atomic E-state index is 0.394. The summed E-state index contributed by atoms with van der Waals surface area (Å²) in [5, 5.41) is 9.61. The molecule has 1 aromatic rings. The Balaban J connectivity index is 2.31. The number of hydrogen-bond acceptors (Lipinski definition) is 4. The lowest BCUT2D eigenvalue weighted by atomic mass is 9.91. The van der Waals surface area contributed by atoms with Crippen molar-refractivity contribution < 1.29 is 9.90 Å². The van der Waals surface area contributed by atoms with Crippen molar-refractivity contribution in [2.24, 2.45) is 11.7 Å². The molecule has 0 bridgehead atoms. The topological polar surface area (TPSA) is 79.5 Å². The molecule has 5 heteroatoms. The molecule has 0 aromatic carbocycles. The first-order chi connectivity index (χ1) is 8.59. The van der Waals surface area contributed by atoms with Crippen LogP contribution in [0, 0.1) is 5.92 Å². The summed E-state index contributed by atoms with van der Waals surface area (Å²) in [7, 11) is 0. The van der Waals surface area contributed by atoms with Crippen molar-refractivity contribution in [3.8, 4) is 0 Å². The number of carbonyl (C=O) groups is 1. The third-order valence-electron chi connectivity index (χ3n) is 3.91. The average molecular weight is 249 g/mol. The van der Waals surface area contributed by atoms with Crippen LogP contribution in [0.5, 0.6) is 0 Å². The van der Waals surface area contributed by atoms with E-state index >= 15 is 0 Å². The molecule has 1 fully saturated rings. The molecule has 5 nitrogen and oxygen atoms in total. The molecule has 3 N–H and O–H groups in total. The van der Waals surface area contributed by atoms with Gasteiger partial charge in [0.1, 0.15) is 5.54 Å². The molecule has 0 radical (unpaired) electrons. The lowest BCUT2D eigenvalue weighted by Gasteiger charge is -2.35. The average Bonchev–Trinajstić information content (AvgIpc) is 2.87. The number of hydrogen-bond donors (Lipinski definition) is 2. The maximum Gasteiger partial charge on any atom is 0.328 e. The van der Waals surface area contributed by atoms with Crippen molar-refractivity contribution in [1.82, 2.24) is 9.88 Å². The van der Waals surface area contributed by atoms with Gasteiger partial charge in [0.15, 0.2) is 0 Å². The van der Waals surface area contributed by atoms with E-state index in [-0.39, 0.29) is 0 Å². The molecule has 2 unspecified atom stereocenters. The number of likely N-dealkylation sites (tertiary alicyclic amines) is 1. The van der Waals surface area contributed by atoms with Crippen molar-refractivity contribution in [2.75, 3.05) is 19.6 Å². The van der Waals surface area contributed by atoms with E-state index in [1.807, 2.05) is 4.90 Å². The highest BCUT2D eigenvalue weighted by Crippen LogP contribution is 2.33. The zero-order valence-corrected chi connectivity index (χ0v) is 10.5. The highest BCUT2D eigenvalue weighted by atomic mass is 16.4. The molecular weight excluding hydrogens is 230 g/mol. The molecule has 0 aliphatic carbocycles. The van der Waals surface area contributed by atoms with Crippen LogP contribution in [0.1, 0.15) is 18.9 Å². The van der Waals surface area contributed by atoms with E-state index in [0.29, 0.717) is 12.5 Å². The second-order valence-corrected chi connectivity index (χ2v) is 4.95. The van der Waals surface area contributed by atoms with Gasteiger partial charge >= 0.3 is 5.97 Å². The van der Waals surface area contributed by atoms with Gasteiger partial charge in [-0.25, -0.2) is 4.79 Å². The Labute approximate surface area is 107 Å². The van der Waals surface area contributed by atoms with Gasteiger partial charge in [-0.15, -0.1) is 0 Å². The van der Waals surface area contributed by atoms with Crippen LogP contribution in [0.15, 0.2) is 24.5 Å². The van der Waals surface area contributed by atoms with Crippen LogP contribution in [0.3, 0.4) is 0 Å². The molecule has 0 spiro atoms. The Kier molecular flexibility index (Phi) is 3.63. The standard InChI is InChI=1S/C13H19N3O2/c1-13(12(17)18,11-2-5-15-6-3-11)16-7-4-10(8-14)9-16/h2-3,5-6,10H,4,7-9,14H2,1H3,(H,17,18). The van der Waals surface area contributed by atoms with E-state index in [2.05, 4.69) is 4.98 Å². The summed E-state index contributed by atoms with van der Waals surface area (Å²) in [6, 6.07) is 3.54. The van der Waals surface area contributed by atoms with Crippen LogP contribution < -0.4 is 5.73 Å². The van der Waals surface area contributed by atoms with Gasteiger partial charge in [-0.3, -0.25) is 9.88 Å². The Morgan fingerprint density at radius 2 is 2.28 bits per heavy atom. The molecule has 2 heterocycles. The molecular formula is C13H19N3O2. The zero-order chi connectivity index (χ0) is 13.2. The number of rotatable bonds is 4. The number of nitrogens with zero attached hydrogens (tertiary/aromatic N) is 2. The Morgan fingerprint density at radius 3 is 2.78 bits per heavy atom. The predicted molar refractivity (Wildman–Crippen MR) is 68.0 cm³/mol. The maximum atomic E-state index is 11.7. The minimum Gasteiger partial charge on any atom is -0.480 e. The minimum atomic E-state index is -0.993. The fourth-order valence-electron chi connectivity index (χ4n) is 2.55. The molecule has 0 amide bonds.